The van der Waals surface area contributed by atoms with E-state index in [1.807, 2.05) is 24.3 Å². The molecular weight excluding hydrogens is 404 g/mol. The highest BCUT2D eigenvalue weighted by Gasteiger charge is 2.35. The number of hydrogen-bond donors (Lipinski definition) is 1. The average Bonchev–Trinajstić information content (AvgIpc) is 3.41. The van der Waals surface area contributed by atoms with Gasteiger partial charge in [-0.3, -0.25) is 19.0 Å². The molecule has 32 heavy (non-hydrogen) atoms. The van der Waals surface area contributed by atoms with Gasteiger partial charge in [0, 0.05) is 37.3 Å². The number of carbonyl (C=O) groups excluding carboxylic acids is 2. The molecule has 164 valence electrons. The first-order valence-corrected chi connectivity index (χ1v) is 11.2. The molecule has 0 radical (unpaired) electrons. The van der Waals surface area contributed by atoms with Gasteiger partial charge in [-0.2, -0.15) is 0 Å². The van der Waals surface area contributed by atoms with E-state index in [-0.39, 0.29) is 23.8 Å². The third kappa shape index (κ3) is 3.57. The van der Waals surface area contributed by atoms with Crippen molar-refractivity contribution in [1.29, 1.82) is 0 Å². The predicted molar refractivity (Wildman–Crippen MR) is 124 cm³/mol. The lowest BCUT2D eigenvalue weighted by atomic mass is 10.0. The Balaban J connectivity index is 1.34. The van der Waals surface area contributed by atoms with Crippen molar-refractivity contribution >= 4 is 34.1 Å². The van der Waals surface area contributed by atoms with Gasteiger partial charge < -0.3 is 10.2 Å². The molecule has 1 N–H and O–H groups in total. The van der Waals surface area contributed by atoms with E-state index in [9.17, 15) is 14.4 Å². The van der Waals surface area contributed by atoms with Crippen molar-refractivity contribution in [3.8, 4) is 0 Å². The van der Waals surface area contributed by atoms with E-state index < -0.39 is 5.92 Å². The summed E-state index contributed by atoms with van der Waals surface area (Å²) in [5, 5.41) is 3.40. The molecule has 1 aromatic heterocycles. The van der Waals surface area contributed by atoms with Crippen molar-refractivity contribution in [2.45, 2.75) is 45.6 Å². The van der Waals surface area contributed by atoms with Gasteiger partial charge in [-0.15, -0.1) is 0 Å². The molecule has 5 rings (SSSR count). The van der Waals surface area contributed by atoms with E-state index in [0.717, 1.165) is 29.9 Å². The molecule has 2 aliphatic heterocycles. The van der Waals surface area contributed by atoms with E-state index in [4.69, 9.17) is 0 Å². The molecule has 1 fully saturated rings. The predicted octanol–water partition coefficient (Wildman–Crippen LogP) is 3.46. The van der Waals surface area contributed by atoms with Crippen molar-refractivity contribution in [3.05, 3.63) is 64.2 Å². The number of aryl methyl sites for hydroxylation is 1. The lowest BCUT2D eigenvalue weighted by Crippen LogP contribution is -2.28. The van der Waals surface area contributed by atoms with Crippen molar-refractivity contribution in [2.24, 2.45) is 5.92 Å². The first-order valence-electron chi connectivity index (χ1n) is 11.2. The Hall–Kier alpha value is -3.48. The quantitative estimate of drug-likeness (QED) is 0.687. The fourth-order valence-corrected chi connectivity index (χ4v) is 4.59. The number of nitrogens with zero attached hydrogens (tertiary/aromatic N) is 3. The Morgan fingerprint density at radius 2 is 2.00 bits per heavy atom. The Morgan fingerprint density at radius 3 is 2.81 bits per heavy atom. The van der Waals surface area contributed by atoms with Gasteiger partial charge in [0.05, 0.1) is 16.8 Å². The number of fused-ring (bicyclic) bond motifs is 2. The zero-order valence-corrected chi connectivity index (χ0v) is 18.3. The van der Waals surface area contributed by atoms with Crippen molar-refractivity contribution in [1.82, 2.24) is 9.55 Å². The Bertz CT molecular complexity index is 1290. The molecule has 2 aliphatic rings. The van der Waals surface area contributed by atoms with Crippen LogP contribution in [-0.4, -0.2) is 27.9 Å². The molecule has 7 heteroatoms. The van der Waals surface area contributed by atoms with Crippen LogP contribution in [0, 0.1) is 5.92 Å². The Morgan fingerprint density at radius 1 is 1.16 bits per heavy atom. The van der Waals surface area contributed by atoms with Crippen LogP contribution in [0.3, 0.4) is 0 Å². The molecule has 2 amide bonds. The molecule has 2 aromatic carbocycles. The van der Waals surface area contributed by atoms with Crippen LogP contribution in [0.15, 0.2) is 47.3 Å². The molecule has 0 spiro atoms. The van der Waals surface area contributed by atoms with Crippen LogP contribution in [0.4, 0.5) is 11.4 Å². The molecule has 0 saturated carbocycles. The topological polar surface area (TPSA) is 84.3 Å². The normalized spacial score (nSPS) is 17.9. The summed E-state index contributed by atoms with van der Waals surface area (Å²) in [6.07, 6.45) is 1.91. The second kappa shape index (κ2) is 7.89. The van der Waals surface area contributed by atoms with E-state index >= 15 is 0 Å². The molecule has 7 nitrogen and oxygen atoms in total. The van der Waals surface area contributed by atoms with E-state index in [0.29, 0.717) is 35.6 Å². The standard InChI is InChI=1S/C25H26N4O3/c1-15(2)16-5-3-6-19(11-16)29-14-17(12-23(29)30)24(31)26-18-8-9-21-20(13-18)25(32)28-10-4-7-22(28)27-21/h3,5-6,8-9,11,13,15,17H,4,7,10,12,14H2,1-2H3,(H,26,31)/t17-/m0/s1. The summed E-state index contributed by atoms with van der Waals surface area (Å²) in [4.78, 5) is 44.6. The van der Waals surface area contributed by atoms with Gasteiger partial charge in [-0.1, -0.05) is 26.0 Å². The lowest BCUT2D eigenvalue weighted by molar-refractivity contribution is -0.122. The maximum absolute atomic E-state index is 12.9. The van der Waals surface area contributed by atoms with Gasteiger partial charge in [-0.05, 0) is 48.2 Å². The zero-order valence-electron chi connectivity index (χ0n) is 18.3. The summed E-state index contributed by atoms with van der Waals surface area (Å²) in [5.74, 6) is 0.474. The largest absolute Gasteiger partial charge is 0.326 e. The highest BCUT2D eigenvalue weighted by molar-refractivity contribution is 6.04. The Labute approximate surface area is 186 Å². The summed E-state index contributed by atoms with van der Waals surface area (Å²) < 4.78 is 1.72. The monoisotopic (exact) mass is 430 g/mol. The van der Waals surface area contributed by atoms with Crippen LogP contribution in [0.5, 0.6) is 0 Å². The number of anilines is 2. The first kappa shape index (κ1) is 20.4. The summed E-state index contributed by atoms with van der Waals surface area (Å²) in [6, 6.07) is 13.1. The summed E-state index contributed by atoms with van der Waals surface area (Å²) in [6.45, 7) is 5.25. The molecular formula is C25H26N4O3. The SMILES string of the molecule is CC(C)c1cccc(N2C[C@@H](C(=O)Nc3ccc4nc5n(c(=O)c4c3)CCC5)CC2=O)c1. The molecule has 3 heterocycles. The van der Waals surface area contributed by atoms with Crippen LogP contribution in [0.2, 0.25) is 0 Å². The zero-order chi connectivity index (χ0) is 22.4. The van der Waals surface area contributed by atoms with Gasteiger partial charge >= 0.3 is 0 Å². The number of aromatic nitrogens is 2. The first-order chi connectivity index (χ1) is 15.4. The molecule has 1 atom stereocenters. The minimum atomic E-state index is -0.444. The molecule has 0 unspecified atom stereocenters. The molecule has 0 aliphatic carbocycles. The highest BCUT2D eigenvalue weighted by Crippen LogP contribution is 2.29. The van der Waals surface area contributed by atoms with Crippen molar-refractivity contribution in [3.63, 3.8) is 0 Å². The van der Waals surface area contributed by atoms with Crippen LogP contribution < -0.4 is 15.8 Å². The maximum atomic E-state index is 12.9. The summed E-state index contributed by atoms with van der Waals surface area (Å²) in [5.41, 5.74) is 3.12. The maximum Gasteiger partial charge on any atom is 0.261 e. The number of benzene rings is 2. The van der Waals surface area contributed by atoms with Crippen LogP contribution in [-0.2, 0) is 22.6 Å². The highest BCUT2D eigenvalue weighted by atomic mass is 16.2. The van der Waals surface area contributed by atoms with Crippen LogP contribution in [0.1, 0.15) is 44.0 Å². The number of nitrogens with one attached hydrogen (secondary N) is 1. The fraction of sp³-hybridized carbons (Fsp3) is 0.360. The third-order valence-electron chi connectivity index (χ3n) is 6.43. The Kier molecular flexibility index (Phi) is 5.04. The van der Waals surface area contributed by atoms with Gasteiger partial charge in [0.15, 0.2) is 0 Å². The number of amides is 2. The van der Waals surface area contributed by atoms with Gasteiger partial charge in [-0.25, -0.2) is 4.98 Å². The molecule has 3 aromatic rings. The van der Waals surface area contributed by atoms with E-state index in [2.05, 4.69) is 24.1 Å². The van der Waals surface area contributed by atoms with Crippen LogP contribution in [0.25, 0.3) is 10.9 Å². The summed E-state index contributed by atoms with van der Waals surface area (Å²) >= 11 is 0. The van der Waals surface area contributed by atoms with E-state index in [1.165, 1.54) is 0 Å². The molecule has 0 bridgehead atoms. The van der Waals surface area contributed by atoms with Crippen molar-refractivity contribution < 1.29 is 9.59 Å². The van der Waals surface area contributed by atoms with Crippen LogP contribution >= 0.6 is 0 Å². The lowest BCUT2D eigenvalue weighted by Gasteiger charge is -2.18. The second-order valence-electron chi connectivity index (χ2n) is 8.96. The second-order valence-corrected chi connectivity index (χ2v) is 8.96. The average molecular weight is 431 g/mol. The fourth-order valence-electron chi connectivity index (χ4n) is 4.59. The summed E-state index contributed by atoms with van der Waals surface area (Å²) in [7, 11) is 0. The number of rotatable bonds is 4. The number of carbonyl (C=O) groups is 2. The minimum Gasteiger partial charge on any atom is -0.326 e. The smallest absolute Gasteiger partial charge is 0.261 e. The minimum absolute atomic E-state index is 0.0532. The van der Waals surface area contributed by atoms with Crippen molar-refractivity contribution in [2.75, 3.05) is 16.8 Å². The third-order valence-corrected chi connectivity index (χ3v) is 6.43. The van der Waals surface area contributed by atoms with Gasteiger partial charge in [0.2, 0.25) is 11.8 Å². The van der Waals surface area contributed by atoms with Gasteiger partial charge in [0.25, 0.3) is 5.56 Å². The van der Waals surface area contributed by atoms with E-state index in [1.54, 1.807) is 27.7 Å². The van der Waals surface area contributed by atoms with Gasteiger partial charge in [0.1, 0.15) is 5.82 Å². The number of hydrogen-bond acceptors (Lipinski definition) is 4. The molecule has 1 saturated heterocycles.